The van der Waals surface area contributed by atoms with E-state index in [2.05, 4.69) is 0 Å². The maximum Gasteiger partial charge on any atom is 0.311 e. The Morgan fingerprint density at radius 3 is 2.35 bits per heavy atom. The zero-order valence-corrected chi connectivity index (χ0v) is 13.4. The largest absolute Gasteiger partial charge is 0.469 e. The van der Waals surface area contributed by atoms with Crippen LogP contribution in [0.2, 0.25) is 0 Å². The SMILES string of the molecule is COC(=O)C1CC(C)(C)OC1CN1C(=O)c2ccccc2C1=O. The molecule has 0 spiro atoms. The first-order valence-electron chi connectivity index (χ1n) is 7.55. The number of fused-ring (bicyclic) bond motifs is 1. The highest BCUT2D eigenvalue weighted by atomic mass is 16.5. The van der Waals surface area contributed by atoms with Crippen molar-refractivity contribution in [3.05, 3.63) is 35.4 Å². The quantitative estimate of drug-likeness (QED) is 0.626. The third-order valence-corrected chi connectivity index (χ3v) is 4.38. The summed E-state index contributed by atoms with van der Waals surface area (Å²) in [7, 11) is 1.33. The van der Waals surface area contributed by atoms with Gasteiger partial charge in [0.15, 0.2) is 0 Å². The minimum Gasteiger partial charge on any atom is -0.469 e. The lowest BCUT2D eigenvalue weighted by Gasteiger charge is -2.23. The first kappa shape index (κ1) is 15.7. The number of nitrogens with zero attached hydrogens (tertiary/aromatic N) is 1. The average Bonchev–Trinajstić information content (AvgIpc) is 2.96. The van der Waals surface area contributed by atoms with Crippen LogP contribution in [0, 0.1) is 5.92 Å². The molecule has 2 amide bonds. The molecule has 2 aliphatic rings. The van der Waals surface area contributed by atoms with Crippen LogP contribution in [0.5, 0.6) is 0 Å². The first-order chi connectivity index (χ1) is 10.8. The lowest BCUT2D eigenvalue weighted by molar-refractivity contribution is -0.147. The van der Waals surface area contributed by atoms with Crippen LogP contribution in [0.15, 0.2) is 24.3 Å². The second kappa shape index (κ2) is 5.45. The van der Waals surface area contributed by atoms with Gasteiger partial charge in [-0.25, -0.2) is 0 Å². The van der Waals surface area contributed by atoms with E-state index in [0.29, 0.717) is 17.5 Å². The fraction of sp³-hybridized carbons (Fsp3) is 0.471. The zero-order valence-electron chi connectivity index (χ0n) is 13.4. The number of methoxy groups -OCH3 is 1. The second-order valence-corrected chi connectivity index (χ2v) is 6.52. The van der Waals surface area contributed by atoms with Gasteiger partial charge in [0, 0.05) is 0 Å². The van der Waals surface area contributed by atoms with Crippen LogP contribution in [-0.4, -0.2) is 48.0 Å². The molecular formula is C17H19NO5. The van der Waals surface area contributed by atoms with Crippen molar-refractivity contribution >= 4 is 17.8 Å². The summed E-state index contributed by atoms with van der Waals surface area (Å²) in [4.78, 5) is 38.0. The number of hydrogen-bond donors (Lipinski definition) is 0. The number of hydrogen-bond acceptors (Lipinski definition) is 5. The maximum absolute atomic E-state index is 12.4. The summed E-state index contributed by atoms with van der Waals surface area (Å²) in [5, 5.41) is 0. The molecule has 0 radical (unpaired) electrons. The van der Waals surface area contributed by atoms with E-state index in [4.69, 9.17) is 9.47 Å². The lowest BCUT2D eigenvalue weighted by atomic mass is 9.94. The number of rotatable bonds is 3. The van der Waals surface area contributed by atoms with Gasteiger partial charge in [0.1, 0.15) is 0 Å². The molecule has 2 heterocycles. The van der Waals surface area contributed by atoms with Crippen molar-refractivity contribution < 1.29 is 23.9 Å². The van der Waals surface area contributed by atoms with Gasteiger partial charge in [-0.05, 0) is 32.4 Å². The van der Waals surface area contributed by atoms with Gasteiger partial charge in [-0.3, -0.25) is 19.3 Å². The van der Waals surface area contributed by atoms with E-state index < -0.39 is 17.6 Å². The van der Waals surface area contributed by atoms with Gasteiger partial charge >= 0.3 is 5.97 Å². The summed E-state index contributed by atoms with van der Waals surface area (Å²) in [5.41, 5.74) is 0.288. The Bertz CT molecular complexity index is 646. The van der Waals surface area contributed by atoms with E-state index in [1.165, 1.54) is 7.11 Å². The van der Waals surface area contributed by atoms with Crippen molar-refractivity contribution in [2.45, 2.75) is 32.0 Å². The van der Waals surface area contributed by atoms with E-state index in [9.17, 15) is 14.4 Å². The second-order valence-electron chi connectivity index (χ2n) is 6.52. The number of imide groups is 1. The van der Waals surface area contributed by atoms with Crippen molar-refractivity contribution in [3.63, 3.8) is 0 Å². The van der Waals surface area contributed by atoms with E-state index in [1.807, 2.05) is 13.8 Å². The Kier molecular flexibility index (Phi) is 3.72. The summed E-state index contributed by atoms with van der Waals surface area (Å²) in [6.07, 6.45) is -0.0623. The van der Waals surface area contributed by atoms with Crippen molar-refractivity contribution in [1.29, 1.82) is 0 Å². The van der Waals surface area contributed by atoms with E-state index >= 15 is 0 Å². The Balaban J connectivity index is 1.83. The third-order valence-electron chi connectivity index (χ3n) is 4.38. The number of amides is 2. The molecule has 2 aliphatic heterocycles. The van der Waals surface area contributed by atoms with Gasteiger partial charge in [0.2, 0.25) is 0 Å². The van der Waals surface area contributed by atoms with Gasteiger partial charge in [-0.15, -0.1) is 0 Å². The Labute approximate surface area is 134 Å². The predicted molar refractivity (Wildman–Crippen MR) is 80.9 cm³/mol. The molecule has 2 unspecified atom stereocenters. The number of carbonyl (C=O) groups excluding carboxylic acids is 3. The minimum atomic E-state index is -0.556. The van der Waals surface area contributed by atoms with Crippen molar-refractivity contribution in [3.8, 4) is 0 Å². The zero-order chi connectivity index (χ0) is 16.8. The minimum absolute atomic E-state index is 0.0511. The molecule has 23 heavy (non-hydrogen) atoms. The normalized spacial score (nSPS) is 25.6. The first-order valence-corrected chi connectivity index (χ1v) is 7.55. The molecule has 122 valence electrons. The van der Waals surface area contributed by atoms with Crippen LogP contribution >= 0.6 is 0 Å². The number of benzene rings is 1. The Hall–Kier alpha value is -2.21. The Morgan fingerprint density at radius 2 is 1.83 bits per heavy atom. The van der Waals surface area contributed by atoms with Crippen LogP contribution in [-0.2, 0) is 14.3 Å². The molecule has 0 aromatic heterocycles. The smallest absolute Gasteiger partial charge is 0.311 e. The summed E-state index contributed by atoms with van der Waals surface area (Å²) in [6, 6.07) is 6.71. The molecule has 0 N–H and O–H groups in total. The van der Waals surface area contributed by atoms with E-state index in [-0.39, 0.29) is 24.3 Å². The molecule has 2 atom stereocenters. The van der Waals surface area contributed by atoms with E-state index in [0.717, 1.165) is 4.90 Å². The highest BCUT2D eigenvalue weighted by molar-refractivity contribution is 6.21. The van der Waals surface area contributed by atoms with Crippen LogP contribution in [0.4, 0.5) is 0 Å². The molecule has 0 bridgehead atoms. The monoisotopic (exact) mass is 317 g/mol. The lowest BCUT2D eigenvalue weighted by Crippen LogP contribution is -2.41. The van der Waals surface area contributed by atoms with Crippen molar-refractivity contribution in [1.82, 2.24) is 4.90 Å². The predicted octanol–water partition coefficient (Wildman–Crippen LogP) is 1.64. The molecule has 1 aromatic rings. The fourth-order valence-corrected chi connectivity index (χ4v) is 3.34. The summed E-state index contributed by atoms with van der Waals surface area (Å²) >= 11 is 0. The molecule has 1 saturated heterocycles. The van der Waals surface area contributed by atoms with Crippen LogP contribution in [0.25, 0.3) is 0 Å². The molecule has 1 fully saturated rings. The Morgan fingerprint density at radius 1 is 1.26 bits per heavy atom. The molecule has 6 heteroatoms. The highest BCUT2D eigenvalue weighted by Gasteiger charge is 2.47. The van der Waals surface area contributed by atoms with E-state index in [1.54, 1.807) is 24.3 Å². The number of carbonyl (C=O) groups is 3. The maximum atomic E-state index is 12.4. The third kappa shape index (κ3) is 2.63. The topological polar surface area (TPSA) is 72.9 Å². The van der Waals surface area contributed by atoms with Gasteiger partial charge in [0.25, 0.3) is 11.8 Å². The van der Waals surface area contributed by atoms with Crippen LogP contribution in [0.3, 0.4) is 0 Å². The molecular weight excluding hydrogens is 298 g/mol. The molecule has 6 nitrogen and oxygen atoms in total. The fourth-order valence-electron chi connectivity index (χ4n) is 3.34. The average molecular weight is 317 g/mol. The summed E-state index contributed by atoms with van der Waals surface area (Å²) < 4.78 is 10.7. The number of ether oxygens (including phenoxy) is 2. The van der Waals surface area contributed by atoms with Crippen molar-refractivity contribution in [2.24, 2.45) is 5.92 Å². The standard InChI is InChI=1S/C17H19NO5/c1-17(2)8-12(16(21)22-3)13(23-17)9-18-14(19)10-6-4-5-7-11(10)15(18)20/h4-7,12-13H,8-9H2,1-3H3. The summed E-state index contributed by atoms with van der Waals surface area (Å²) in [5.74, 6) is -1.55. The highest BCUT2D eigenvalue weighted by Crippen LogP contribution is 2.36. The number of esters is 1. The van der Waals surface area contributed by atoms with Gasteiger partial charge in [-0.2, -0.15) is 0 Å². The van der Waals surface area contributed by atoms with Crippen molar-refractivity contribution in [2.75, 3.05) is 13.7 Å². The van der Waals surface area contributed by atoms with Crippen LogP contribution in [0.1, 0.15) is 41.0 Å². The summed E-state index contributed by atoms with van der Waals surface area (Å²) in [6.45, 7) is 3.81. The van der Waals surface area contributed by atoms with Gasteiger partial charge < -0.3 is 9.47 Å². The molecule has 1 aromatic carbocycles. The molecule has 0 aliphatic carbocycles. The molecule has 3 rings (SSSR count). The molecule has 0 saturated carbocycles. The van der Waals surface area contributed by atoms with Gasteiger partial charge in [0.05, 0.1) is 42.4 Å². The van der Waals surface area contributed by atoms with Crippen LogP contribution < -0.4 is 0 Å². The van der Waals surface area contributed by atoms with Gasteiger partial charge in [-0.1, -0.05) is 12.1 Å².